The van der Waals surface area contributed by atoms with Crippen molar-refractivity contribution in [2.24, 2.45) is 0 Å². The van der Waals surface area contributed by atoms with Crippen molar-refractivity contribution in [3.05, 3.63) is 105 Å². The minimum absolute atomic E-state index is 0.0235. The molecule has 5 heteroatoms. The Hall–Kier alpha value is -3.68. The molecule has 1 aliphatic rings. The summed E-state index contributed by atoms with van der Waals surface area (Å²) in [6, 6.07) is 19.2. The molecule has 0 fully saturated rings. The fraction of sp³-hybridized carbons (Fsp3) is 0.0769. The number of amides is 1. The molecule has 3 aromatic carbocycles. The Kier molecular flexibility index (Phi) is 5.70. The van der Waals surface area contributed by atoms with Gasteiger partial charge in [0.05, 0.1) is 16.3 Å². The van der Waals surface area contributed by atoms with E-state index in [1.54, 1.807) is 31.3 Å². The molecule has 0 aromatic heterocycles. The molecule has 31 heavy (non-hydrogen) atoms. The van der Waals surface area contributed by atoms with E-state index in [1.165, 1.54) is 23.1 Å². The summed E-state index contributed by atoms with van der Waals surface area (Å²) in [7, 11) is 1.60. The number of ketones is 1. The zero-order valence-corrected chi connectivity index (χ0v) is 17.4. The number of halogens is 2. The van der Waals surface area contributed by atoms with Gasteiger partial charge < -0.3 is 4.90 Å². The highest BCUT2D eigenvalue weighted by molar-refractivity contribution is 6.36. The summed E-state index contributed by atoms with van der Waals surface area (Å²) in [5, 5.41) is -0.0235. The Balaban J connectivity index is 1.67. The number of anilines is 1. The first kappa shape index (κ1) is 20.6. The fourth-order valence-electron chi connectivity index (χ4n) is 3.36. The largest absolute Gasteiger partial charge is 0.311 e. The third kappa shape index (κ3) is 4.28. The predicted molar refractivity (Wildman–Crippen MR) is 121 cm³/mol. The molecule has 0 atom stereocenters. The number of hydrogen-bond acceptors (Lipinski definition) is 2. The van der Waals surface area contributed by atoms with Gasteiger partial charge in [0.2, 0.25) is 5.78 Å². The molecule has 0 saturated carbocycles. The van der Waals surface area contributed by atoms with Crippen LogP contribution in [0, 0.1) is 17.7 Å². The fourth-order valence-corrected chi connectivity index (χ4v) is 3.48. The number of nitrogens with zero attached hydrogens (tertiary/aromatic N) is 1. The van der Waals surface area contributed by atoms with Crippen LogP contribution in [0.1, 0.15) is 27.0 Å². The second-order valence-electron chi connectivity index (χ2n) is 7.12. The normalized spacial score (nSPS) is 14.3. The van der Waals surface area contributed by atoms with Crippen LogP contribution in [0.3, 0.4) is 0 Å². The summed E-state index contributed by atoms with van der Waals surface area (Å²) in [6.07, 6.45) is 1.98. The van der Waals surface area contributed by atoms with Gasteiger partial charge in [0.25, 0.3) is 5.91 Å². The Labute approximate surface area is 184 Å². The lowest BCUT2D eigenvalue weighted by Gasteiger charge is -2.26. The van der Waals surface area contributed by atoms with Crippen LogP contribution < -0.4 is 4.90 Å². The van der Waals surface area contributed by atoms with Crippen LogP contribution in [0.5, 0.6) is 0 Å². The van der Waals surface area contributed by atoms with Crippen molar-refractivity contribution in [3.63, 3.8) is 0 Å². The number of likely N-dealkylation sites (N-methyl/N-ethyl adjacent to an activating group) is 1. The Morgan fingerprint density at radius 2 is 1.81 bits per heavy atom. The number of benzene rings is 3. The van der Waals surface area contributed by atoms with Crippen LogP contribution in [0.15, 0.2) is 72.3 Å². The van der Waals surface area contributed by atoms with E-state index in [0.717, 1.165) is 5.56 Å². The number of fused-ring (bicyclic) bond motifs is 1. The van der Waals surface area contributed by atoms with Crippen molar-refractivity contribution in [1.29, 1.82) is 0 Å². The zero-order chi connectivity index (χ0) is 22.0. The molecular weight excluding hydrogens is 413 g/mol. The molecule has 3 aromatic rings. The van der Waals surface area contributed by atoms with Gasteiger partial charge in [0.15, 0.2) is 0 Å². The number of carbonyl (C=O) groups excluding carboxylic acids is 2. The number of rotatable bonds is 2. The van der Waals surface area contributed by atoms with Crippen LogP contribution in [0.2, 0.25) is 5.02 Å². The molecule has 4 rings (SSSR count). The van der Waals surface area contributed by atoms with Crippen molar-refractivity contribution in [3.8, 4) is 11.8 Å². The first-order valence-corrected chi connectivity index (χ1v) is 9.98. The molecule has 152 valence electrons. The molecule has 0 radical (unpaired) electrons. The van der Waals surface area contributed by atoms with Crippen molar-refractivity contribution in [2.45, 2.75) is 6.42 Å². The van der Waals surface area contributed by atoms with Gasteiger partial charge in [-0.1, -0.05) is 59.8 Å². The van der Waals surface area contributed by atoms with Crippen LogP contribution in [0.25, 0.3) is 6.08 Å². The Morgan fingerprint density at radius 1 is 1.03 bits per heavy atom. The number of carbonyl (C=O) groups is 2. The highest BCUT2D eigenvalue weighted by atomic mass is 35.5. The third-order valence-electron chi connectivity index (χ3n) is 5.00. The highest BCUT2D eigenvalue weighted by Gasteiger charge is 2.32. The summed E-state index contributed by atoms with van der Waals surface area (Å²) >= 11 is 5.72. The minimum atomic E-state index is -0.614. The van der Waals surface area contributed by atoms with Gasteiger partial charge >= 0.3 is 0 Å². The molecule has 0 saturated heterocycles. The number of Topliss-reactive ketones (excluding diaryl/α,β-unsaturated/α-hetero) is 1. The van der Waals surface area contributed by atoms with E-state index in [9.17, 15) is 14.0 Å². The Morgan fingerprint density at radius 3 is 2.55 bits per heavy atom. The molecule has 0 unspecified atom stereocenters. The summed E-state index contributed by atoms with van der Waals surface area (Å²) in [4.78, 5) is 27.3. The lowest BCUT2D eigenvalue weighted by Crippen LogP contribution is -2.36. The van der Waals surface area contributed by atoms with E-state index in [-0.39, 0.29) is 10.6 Å². The van der Waals surface area contributed by atoms with Gasteiger partial charge in [-0.15, -0.1) is 0 Å². The van der Waals surface area contributed by atoms with Crippen LogP contribution in [-0.4, -0.2) is 18.7 Å². The molecular formula is C26H17ClFNO2. The standard InChI is InChI=1S/C26H17ClFNO2/c1-29-24-13-11-18(9-5-8-17-6-3-2-4-7-17)14-20(24)25(30)21(26(29)31)15-19-10-12-22(27)23(28)16-19/h2-4,6-7,10-16H,8H2,1H3. The summed E-state index contributed by atoms with van der Waals surface area (Å²) < 4.78 is 13.8. The lowest BCUT2D eigenvalue weighted by atomic mass is 9.92. The van der Waals surface area contributed by atoms with E-state index in [2.05, 4.69) is 11.8 Å². The van der Waals surface area contributed by atoms with E-state index in [4.69, 9.17) is 11.6 Å². The quantitative estimate of drug-likeness (QED) is 0.314. The molecule has 0 bridgehead atoms. The number of hydrogen-bond donors (Lipinski definition) is 0. The zero-order valence-electron chi connectivity index (χ0n) is 16.7. The lowest BCUT2D eigenvalue weighted by molar-refractivity contribution is -0.114. The first-order chi connectivity index (χ1) is 14.9. The summed E-state index contributed by atoms with van der Waals surface area (Å²) in [5.74, 6) is 4.71. The molecule has 0 spiro atoms. The first-order valence-electron chi connectivity index (χ1n) is 9.60. The average Bonchev–Trinajstić information content (AvgIpc) is 2.78. The highest BCUT2D eigenvalue weighted by Crippen LogP contribution is 2.31. The van der Waals surface area contributed by atoms with Crippen molar-refractivity contribution in [2.75, 3.05) is 11.9 Å². The van der Waals surface area contributed by atoms with Crippen LogP contribution in [0.4, 0.5) is 10.1 Å². The van der Waals surface area contributed by atoms with E-state index in [0.29, 0.717) is 28.8 Å². The SMILES string of the molecule is CN1C(=O)C(=Cc2ccc(Cl)c(F)c2)C(=O)c2cc(C#CCc3ccccc3)ccc21. The van der Waals surface area contributed by atoms with Gasteiger partial charge in [-0.25, -0.2) is 4.39 Å². The second-order valence-corrected chi connectivity index (χ2v) is 7.53. The Bertz CT molecular complexity index is 1290. The van der Waals surface area contributed by atoms with Crippen LogP contribution in [-0.2, 0) is 11.2 Å². The average molecular weight is 430 g/mol. The molecule has 1 aliphatic heterocycles. The maximum atomic E-state index is 13.8. The van der Waals surface area contributed by atoms with E-state index in [1.807, 2.05) is 30.3 Å². The maximum absolute atomic E-state index is 13.8. The molecule has 0 aliphatic carbocycles. The predicted octanol–water partition coefficient (Wildman–Crippen LogP) is 5.32. The second kappa shape index (κ2) is 8.59. The van der Waals surface area contributed by atoms with Gasteiger partial charge in [-0.05, 0) is 47.5 Å². The smallest absolute Gasteiger partial charge is 0.262 e. The maximum Gasteiger partial charge on any atom is 0.262 e. The van der Waals surface area contributed by atoms with Gasteiger partial charge in [-0.3, -0.25) is 9.59 Å². The van der Waals surface area contributed by atoms with Crippen molar-refractivity contribution < 1.29 is 14.0 Å². The minimum Gasteiger partial charge on any atom is -0.311 e. The van der Waals surface area contributed by atoms with Crippen molar-refractivity contribution in [1.82, 2.24) is 0 Å². The monoisotopic (exact) mass is 429 g/mol. The van der Waals surface area contributed by atoms with E-state index < -0.39 is 17.5 Å². The van der Waals surface area contributed by atoms with Crippen LogP contribution >= 0.6 is 11.6 Å². The molecule has 1 amide bonds. The molecule has 0 N–H and O–H groups in total. The molecule has 1 heterocycles. The molecule has 3 nitrogen and oxygen atoms in total. The van der Waals surface area contributed by atoms with Crippen molar-refractivity contribution >= 4 is 35.1 Å². The summed E-state index contributed by atoms with van der Waals surface area (Å²) in [6.45, 7) is 0. The topological polar surface area (TPSA) is 37.4 Å². The third-order valence-corrected chi connectivity index (χ3v) is 5.31. The van der Waals surface area contributed by atoms with E-state index >= 15 is 0 Å². The van der Waals surface area contributed by atoms with Gasteiger partial charge in [-0.2, -0.15) is 0 Å². The summed E-state index contributed by atoms with van der Waals surface area (Å²) in [5.41, 5.74) is 3.04. The van der Waals surface area contributed by atoms with Gasteiger partial charge in [0.1, 0.15) is 5.82 Å². The van der Waals surface area contributed by atoms with Gasteiger partial charge in [0, 0.05) is 24.6 Å².